The molecule has 1 heteroatoms. The predicted molar refractivity (Wildman–Crippen MR) is 116 cm³/mol. The molecule has 6 atom stereocenters. The Morgan fingerprint density at radius 3 is 2.52 bits per heavy atom. The molecule has 0 bridgehead atoms. The average molecular weight is 383 g/mol. The summed E-state index contributed by atoms with van der Waals surface area (Å²) in [6.45, 7) is 5.31. The van der Waals surface area contributed by atoms with E-state index >= 15 is 0 Å². The third-order valence-corrected chi connectivity index (χ3v) is 9.71. The molecule has 0 spiro atoms. The molecule has 0 N–H and O–H groups in total. The lowest BCUT2D eigenvalue weighted by Gasteiger charge is -2.60. The van der Waals surface area contributed by atoms with Crippen LogP contribution in [0.15, 0.2) is 29.8 Å². The van der Waals surface area contributed by atoms with Gasteiger partial charge in [0, 0.05) is 5.02 Å². The fraction of sp³-hybridized carbons (Fsp3) is 0.692. The summed E-state index contributed by atoms with van der Waals surface area (Å²) >= 11 is 6.13. The van der Waals surface area contributed by atoms with Gasteiger partial charge < -0.3 is 0 Å². The maximum absolute atomic E-state index is 6.13. The van der Waals surface area contributed by atoms with Gasteiger partial charge >= 0.3 is 0 Å². The maximum Gasteiger partial charge on any atom is 0.0406 e. The van der Waals surface area contributed by atoms with Crippen molar-refractivity contribution in [3.05, 3.63) is 40.4 Å². The Labute approximate surface area is 170 Å². The minimum absolute atomic E-state index is 0.545. The summed E-state index contributed by atoms with van der Waals surface area (Å²) in [5.41, 5.74) is 4.32. The number of benzene rings is 1. The molecule has 0 aliphatic heterocycles. The third-order valence-electron chi connectivity index (χ3n) is 9.46. The van der Waals surface area contributed by atoms with Crippen LogP contribution >= 0.6 is 11.6 Å². The molecule has 4 aliphatic rings. The van der Waals surface area contributed by atoms with Crippen LogP contribution in [-0.4, -0.2) is 0 Å². The smallest absolute Gasteiger partial charge is 0.0406 e. The van der Waals surface area contributed by atoms with Crippen molar-refractivity contribution in [3.63, 3.8) is 0 Å². The van der Waals surface area contributed by atoms with Crippen molar-refractivity contribution in [2.45, 2.75) is 78.1 Å². The number of halogens is 1. The van der Waals surface area contributed by atoms with Crippen molar-refractivity contribution in [2.75, 3.05) is 0 Å². The Kier molecular flexibility index (Phi) is 4.51. The highest BCUT2D eigenvalue weighted by molar-refractivity contribution is 6.30. The summed E-state index contributed by atoms with van der Waals surface area (Å²) in [6, 6.07) is 8.52. The van der Waals surface area contributed by atoms with E-state index in [-0.39, 0.29) is 0 Å². The molecule has 146 valence electrons. The fourth-order valence-electron chi connectivity index (χ4n) is 8.14. The van der Waals surface area contributed by atoms with Crippen molar-refractivity contribution >= 4 is 17.7 Å². The topological polar surface area (TPSA) is 0 Å². The van der Waals surface area contributed by atoms with E-state index in [0.717, 1.165) is 28.7 Å². The molecule has 0 amide bonds. The SMILES string of the molecule is C[C@@]12CCC[C@H]1[C@@H]1CC(=Cc3ccc(Cl)cc3)[C@H]3CCCC[C@]3(C)[C@H]1CC2. The van der Waals surface area contributed by atoms with Gasteiger partial charge in [0.15, 0.2) is 0 Å². The lowest BCUT2D eigenvalue weighted by Crippen LogP contribution is -2.52. The Morgan fingerprint density at radius 2 is 1.70 bits per heavy atom. The van der Waals surface area contributed by atoms with Gasteiger partial charge in [-0.2, -0.15) is 0 Å². The first-order chi connectivity index (χ1) is 13.0. The van der Waals surface area contributed by atoms with Crippen molar-refractivity contribution < 1.29 is 0 Å². The predicted octanol–water partition coefficient (Wildman–Crippen LogP) is 8.16. The van der Waals surface area contributed by atoms with Crippen LogP contribution < -0.4 is 0 Å². The Morgan fingerprint density at radius 1 is 0.889 bits per heavy atom. The van der Waals surface area contributed by atoms with Gasteiger partial charge in [-0.15, -0.1) is 0 Å². The zero-order valence-electron chi connectivity index (χ0n) is 17.1. The van der Waals surface area contributed by atoms with Crippen LogP contribution in [0, 0.1) is 34.5 Å². The van der Waals surface area contributed by atoms with Crippen molar-refractivity contribution in [2.24, 2.45) is 34.5 Å². The number of hydrogen-bond donors (Lipinski definition) is 0. The molecule has 0 heterocycles. The highest BCUT2D eigenvalue weighted by Gasteiger charge is 2.58. The second-order valence-electron chi connectivity index (χ2n) is 10.7. The molecule has 0 saturated heterocycles. The largest absolute Gasteiger partial charge is 0.0843 e. The number of fused-ring (bicyclic) bond motifs is 5. The monoisotopic (exact) mass is 382 g/mol. The van der Waals surface area contributed by atoms with E-state index in [1.54, 1.807) is 5.57 Å². The van der Waals surface area contributed by atoms with Crippen LogP contribution in [0.4, 0.5) is 0 Å². The van der Waals surface area contributed by atoms with Crippen LogP contribution in [0.3, 0.4) is 0 Å². The molecule has 0 unspecified atom stereocenters. The van der Waals surface area contributed by atoms with E-state index in [2.05, 4.69) is 32.1 Å². The van der Waals surface area contributed by atoms with Crippen LogP contribution in [0.1, 0.15) is 83.6 Å². The van der Waals surface area contributed by atoms with Crippen LogP contribution in [0.2, 0.25) is 5.02 Å². The zero-order valence-corrected chi connectivity index (χ0v) is 17.9. The molecule has 1 aromatic rings. The second-order valence-corrected chi connectivity index (χ2v) is 11.2. The van der Waals surface area contributed by atoms with Crippen molar-refractivity contribution in [3.8, 4) is 0 Å². The molecule has 27 heavy (non-hydrogen) atoms. The minimum Gasteiger partial charge on any atom is -0.0843 e. The molecule has 4 aliphatic carbocycles. The van der Waals surface area contributed by atoms with E-state index in [4.69, 9.17) is 11.6 Å². The van der Waals surface area contributed by atoms with Crippen LogP contribution in [0.5, 0.6) is 0 Å². The molecule has 4 fully saturated rings. The van der Waals surface area contributed by atoms with Crippen LogP contribution in [0.25, 0.3) is 6.08 Å². The maximum atomic E-state index is 6.13. The van der Waals surface area contributed by atoms with Gasteiger partial charge in [0.25, 0.3) is 0 Å². The molecular formula is C26H35Cl. The van der Waals surface area contributed by atoms with E-state index in [1.165, 1.54) is 69.8 Å². The fourth-order valence-corrected chi connectivity index (χ4v) is 8.27. The Bertz CT molecular complexity index is 731. The van der Waals surface area contributed by atoms with E-state index in [0.29, 0.717) is 10.8 Å². The molecule has 0 nitrogen and oxygen atoms in total. The quantitative estimate of drug-likeness (QED) is 0.459. The Hall–Kier alpha value is -0.750. The van der Waals surface area contributed by atoms with Gasteiger partial charge in [0.2, 0.25) is 0 Å². The van der Waals surface area contributed by atoms with Crippen molar-refractivity contribution in [1.29, 1.82) is 0 Å². The zero-order chi connectivity index (χ0) is 18.6. The normalized spacial score (nSPS) is 45.2. The molecule has 0 radical (unpaired) electrons. The van der Waals surface area contributed by atoms with E-state index in [1.807, 2.05) is 12.1 Å². The molecular weight excluding hydrogens is 348 g/mol. The first kappa shape index (κ1) is 18.3. The standard InChI is InChI=1S/C26H35Cl/c1-25-13-5-7-23(25)21-17-19(16-18-8-10-20(27)11-9-18)22-6-3-4-14-26(22,2)24(21)12-15-25/h8-11,16,21-24H,3-7,12-15,17H2,1-2H3/t21-,22+,23-,24-,25-,26-/m0/s1. The second kappa shape index (κ2) is 6.65. The van der Waals surface area contributed by atoms with Crippen molar-refractivity contribution in [1.82, 2.24) is 0 Å². The van der Waals surface area contributed by atoms with Gasteiger partial charge in [-0.3, -0.25) is 0 Å². The lowest BCUT2D eigenvalue weighted by molar-refractivity contribution is -0.0794. The molecule has 0 aromatic heterocycles. The molecule has 1 aromatic carbocycles. The Balaban J connectivity index is 1.54. The van der Waals surface area contributed by atoms with Gasteiger partial charge in [-0.25, -0.2) is 0 Å². The highest BCUT2D eigenvalue weighted by Crippen LogP contribution is 2.67. The third kappa shape index (κ3) is 2.93. The van der Waals surface area contributed by atoms with E-state index < -0.39 is 0 Å². The van der Waals surface area contributed by atoms with Gasteiger partial charge in [0.05, 0.1) is 0 Å². The van der Waals surface area contributed by atoms with Gasteiger partial charge in [-0.05, 0) is 97.1 Å². The number of hydrogen-bond acceptors (Lipinski definition) is 0. The number of rotatable bonds is 1. The number of allylic oxidation sites excluding steroid dienone is 1. The summed E-state index contributed by atoms with van der Waals surface area (Å²) in [5.74, 6) is 3.70. The van der Waals surface area contributed by atoms with E-state index in [9.17, 15) is 0 Å². The first-order valence-corrected chi connectivity index (χ1v) is 11.8. The minimum atomic E-state index is 0.545. The highest BCUT2D eigenvalue weighted by atomic mass is 35.5. The van der Waals surface area contributed by atoms with Gasteiger partial charge in [0.1, 0.15) is 0 Å². The molecule has 5 rings (SSSR count). The van der Waals surface area contributed by atoms with Gasteiger partial charge in [-0.1, -0.05) is 68.5 Å². The average Bonchev–Trinajstić information content (AvgIpc) is 3.05. The van der Waals surface area contributed by atoms with Crippen LogP contribution in [-0.2, 0) is 0 Å². The summed E-state index contributed by atoms with van der Waals surface area (Å²) in [6.07, 6.45) is 17.1. The lowest BCUT2D eigenvalue weighted by atomic mass is 9.44. The summed E-state index contributed by atoms with van der Waals surface area (Å²) in [5, 5.41) is 0.845. The summed E-state index contributed by atoms with van der Waals surface area (Å²) in [4.78, 5) is 0. The molecule has 4 saturated carbocycles. The summed E-state index contributed by atoms with van der Waals surface area (Å²) < 4.78 is 0. The first-order valence-electron chi connectivity index (χ1n) is 11.5. The summed E-state index contributed by atoms with van der Waals surface area (Å²) in [7, 11) is 0.